The molecule has 1 heterocycles. The van der Waals surface area contributed by atoms with Gasteiger partial charge in [0.2, 0.25) is 11.7 Å². The first-order chi connectivity index (χ1) is 9.60. The molecule has 0 fully saturated rings. The molecule has 106 valence electrons. The minimum atomic E-state index is -1.32. The number of carboxylic acid groups (broad SMARTS) is 1. The summed E-state index contributed by atoms with van der Waals surface area (Å²) in [5.74, 6) is -1.09. The zero-order valence-electron chi connectivity index (χ0n) is 10.8. The number of ether oxygens (including phenoxy) is 1. The summed E-state index contributed by atoms with van der Waals surface area (Å²) in [6.07, 6.45) is 1.58. The number of hydrogen-bond donors (Lipinski definition) is 1. The number of aromatic carboxylic acids is 1. The topological polar surface area (TPSA) is 85.5 Å². The van der Waals surface area contributed by atoms with E-state index in [0.29, 0.717) is 18.1 Å². The van der Waals surface area contributed by atoms with Crippen LogP contribution in [0.15, 0.2) is 22.7 Å². The molecule has 0 bridgehead atoms. The molecule has 7 heteroatoms. The van der Waals surface area contributed by atoms with Crippen LogP contribution in [0.2, 0.25) is 0 Å². The van der Waals surface area contributed by atoms with E-state index >= 15 is 0 Å². The number of carbonyl (C=O) groups is 1. The van der Waals surface area contributed by atoms with Gasteiger partial charge in [-0.2, -0.15) is 4.98 Å². The van der Waals surface area contributed by atoms with Crippen molar-refractivity contribution in [2.24, 2.45) is 0 Å². The highest BCUT2D eigenvalue weighted by Crippen LogP contribution is 2.17. The summed E-state index contributed by atoms with van der Waals surface area (Å²) in [4.78, 5) is 14.8. The summed E-state index contributed by atoms with van der Waals surface area (Å²) in [5.41, 5.74) is -0.401. The first kappa shape index (κ1) is 14.0. The van der Waals surface area contributed by atoms with Crippen LogP contribution in [0.4, 0.5) is 4.39 Å². The average molecular weight is 280 g/mol. The molecule has 0 aliphatic rings. The first-order valence-electron chi connectivity index (χ1n) is 6.07. The van der Waals surface area contributed by atoms with Gasteiger partial charge in [-0.05, 0) is 18.6 Å². The average Bonchev–Trinajstić information content (AvgIpc) is 2.84. The van der Waals surface area contributed by atoms with Gasteiger partial charge in [-0.25, -0.2) is 9.18 Å². The maximum atomic E-state index is 13.4. The Labute approximate surface area is 114 Å². The molecule has 6 nitrogen and oxygen atoms in total. The van der Waals surface area contributed by atoms with Gasteiger partial charge in [0.25, 0.3) is 0 Å². The molecule has 0 saturated heterocycles. The molecule has 0 amide bonds. The largest absolute Gasteiger partial charge is 0.485 e. The van der Waals surface area contributed by atoms with Crippen LogP contribution in [0, 0.1) is 5.82 Å². The van der Waals surface area contributed by atoms with E-state index in [1.807, 2.05) is 6.92 Å². The Morgan fingerprint density at radius 3 is 2.95 bits per heavy atom. The van der Waals surface area contributed by atoms with Gasteiger partial charge in [0, 0.05) is 12.5 Å². The van der Waals surface area contributed by atoms with Gasteiger partial charge in [0.1, 0.15) is 11.6 Å². The summed E-state index contributed by atoms with van der Waals surface area (Å²) in [7, 11) is 0. The number of rotatable bonds is 6. The van der Waals surface area contributed by atoms with Crippen LogP contribution in [0.3, 0.4) is 0 Å². The standard InChI is InChI=1S/C13H13FN2O4/c1-2-3-12-15-11(16-20-12)7-19-8-4-5-9(13(17)18)10(14)6-8/h4-6H,2-3,7H2,1H3,(H,17,18). The maximum absolute atomic E-state index is 13.4. The minimum Gasteiger partial charge on any atom is -0.485 e. The molecule has 2 aromatic rings. The molecular formula is C13H13FN2O4. The van der Waals surface area contributed by atoms with Crippen LogP contribution >= 0.6 is 0 Å². The van der Waals surface area contributed by atoms with Gasteiger partial charge in [-0.1, -0.05) is 12.1 Å². The van der Waals surface area contributed by atoms with E-state index in [1.165, 1.54) is 6.07 Å². The second-order valence-corrected chi connectivity index (χ2v) is 4.09. The van der Waals surface area contributed by atoms with E-state index in [2.05, 4.69) is 10.1 Å². The predicted molar refractivity (Wildman–Crippen MR) is 66.0 cm³/mol. The third-order valence-electron chi connectivity index (χ3n) is 2.51. The molecule has 0 unspecified atom stereocenters. The summed E-state index contributed by atoms with van der Waals surface area (Å²) in [5, 5.41) is 12.4. The van der Waals surface area contributed by atoms with Gasteiger partial charge in [0.15, 0.2) is 6.61 Å². The van der Waals surface area contributed by atoms with Crippen molar-refractivity contribution in [3.8, 4) is 5.75 Å². The molecule has 1 N–H and O–H groups in total. The number of carboxylic acids is 1. The predicted octanol–water partition coefficient (Wildman–Crippen LogP) is 2.44. The second kappa shape index (κ2) is 6.14. The summed E-state index contributed by atoms with van der Waals surface area (Å²) >= 11 is 0. The molecule has 0 aliphatic carbocycles. The Morgan fingerprint density at radius 1 is 1.50 bits per heavy atom. The van der Waals surface area contributed by atoms with E-state index < -0.39 is 17.3 Å². The van der Waals surface area contributed by atoms with Crippen molar-refractivity contribution in [3.63, 3.8) is 0 Å². The van der Waals surface area contributed by atoms with E-state index in [9.17, 15) is 9.18 Å². The lowest BCUT2D eigenvalue weighted by Crippen LogP contribution is -2.02. The number of halogens is 1. The molecule has 0 radical (unpaired) electrons. The Bertz CT molecular complexity index is 612. The smallest absolute Gasteiger partial charge is 0.338 e. The van der Waals surface area contributed by atoms with Crippen molar-refractivity contribution in [1.29, 1.82) is 0 Å². The van der Waals surface area contributed by atoms with E-state index in [4.69, 9.17) is 14.4 Å². The van der Waals surface area contributed by atoms with Crippen LogP contribution in [-0.4, -0.2) is 21.2 Å². The summed E-state index contributed by atoms with van der Waals surface area (Å²) in [6, 6.07) is 3.53. The zero-order valence-corrected chi connectivity index (χ0v) is 10.8. The van der Waals surface area contributed by atoms with Gasteiger partial charge in [0.05, 0.1) is 5.56 Å². The number of benzene rings is 1. The Hall–Kier alpha value is -2.44. The van der Waals surface area contributed by atoms with Crippen LogP contribution in [0.5, 0.6) is 5.75 Å². The van der Waals surface area contributed by atoms with Crippen LogP contribution < -0.4 is 4.74 Å². The summed E-state index contributed by atoms with van der Waals surface area (Å²) < 4.78 is 23.7. The fourth-order valence-corrected chi connectivity index (χ4v) is 1.57. The van der Waals surface area contributed by atoms with Crippen molar-refractivity contribution in [2.75, 3.05) is 0 Å². The number of aryl methyl sites for hydroxylation is 1. The molecule has 1 aromatic carbocycles. The lowest BCUT2D eigenvalue weighted by molar-refractivity contribution is 0.0692. The van der Waals surface area contributed by atoms with E-state index in [-0.39, 0.29) is 12.4 Å². The Balaban J connectivity index is 1.99. The first-order valence-corrected chi connectivity index (χ1v) is 6.07. The molecule has 2 rings (SSSR count). The fraction of sp³-hybridized carbons (Fsp3) is 0.308. The summed E-state index contributed by atoms with van der Waals surface area (Å²) in [6.45, 7) is 2.02. The normalized spacial score (nSPS) is 10.5. The molecule has 0 aliphatic heterocycles. The SMILES string of the molecule is CCCc1nc(COc2ccc(C(=O)O)c(F)c2)no1. The molecule has 1 aromatic heterocycles. The number of hydrogen-bond acceptors (Lipinski definition) is 5. The van der Waals surface area contributed by atoms with Crippen LogP contribution in [0.25, 0.3) is 0 Å². The maximum Gasteiger partial charge on any atom is 0.338 e. The zero-order chi connectivity index (χ0) is 14.5. The molecule has 0 atom stereocenters. The lowest BCUT2D eigenvalue weighted by atomic mass is 10.2. The van der Waals surface area contributed by atoms with Gasteiger partial charge in [-0.3, -0.25) is 0 Å². The van der Waals surface area contributed by atoms with Crippen LogP contribution in [-0.2, 0) is 13.0 Å². The molecular weight excluding hydrogens is 267 g/mol. The fourth-order valence-electron chi connectivity index (χ4n) is 1.57. The Kier molecular flexibility index (Phi) is 4.29. The highest BCUT2D eigenvalue weighted by Gasteiger charge is 2.12. The monoisotopic (exact) mass is 280 g/mol. The number of aromatic nitrogens is 2. The van der Waals surface area contributed by atoms with Crippen molar-refractivity contribution in [2.45, 2.75) is 26.4 Å². The lowest BCUT2D eigenvalue weighted by Gasteiger charge is -2.04. The highest BCUT2D eigenvalue weighted by molar-refractivity contribution is 5.88. The third kappa shape index (κ3) is 3.31. The highest BCUT2D eigenvalue weighted by atomic mass is 19.1. The number of nitrogens with zero attached hydrogens (tertiary/aromatic N) is 2. The third-order valence-corrected chi connectivity index (χ3v) is 2.51. The molecule has 0 saturated carbocycles. The second-order valence-electron chi connectivity index (χ2n) is 4.09. The van der Waals surface area contributed by atoms with Gasteiger partial charge >= 0.3 is 5.97 Å². The van der Waals surface area contributed by atoms with Gasteiger partial charge in [-0.15, -0.1) is 0 Å². The van der Waals surface area contributed by atoms with Crippen molar-refractivity contribution < 1.29 is 23.6 Å². The minimum absolute atomic E-state index is 0.0269. The molecule has 0 spiro atoms. The van der Waals surface area contributed by atoms with E-state index in [0.717, 1.165) is 18.6 Å². The molecule has 20 heavy (non-hydrogen) atoms. The van der Waals surface area contributed by atoms with Crippen molar-refractivity contribution in [1.82, 2.24) is 10.1 Å². The van der Waals surface area contributed by atoms with Crippen molar-refractivity contribution in [3.05, 3.63) is 41.3 Å². The quantitative estimate of drug-likeness (QED) is 0.874. The van der Waals surface area contributed by atoms with Crippen molar-refractivity contribution >= 4 is 5.97 Å². The van der Waals surface area contributed by atoms with Gasteiger partial charge < -0.3 is 14.4 Å². The van der Waals surface area contributed by atoms with Crippen LogP contribution in [0.1, 0.15) is 35.4 Å². The Morgan fingerprint density at radius 2 is 2.30 bits per heavy atom. The van der Waals surface area contributed by atoms with E-state index in [1.54, 1.807) is 0 Å².